The van der Waals surface area contributed by atoms with Crippen molar-refractivity contribution in [1.29, 1.82) is 0 Å². The zero-order chi connectivity index (χ0) is 45.8. The number of carbonyl (C=O) groups excluding carboxylic acids is 3. The third-order valence-corrected chi connectivity index (χ3v) is 11.2. The summed E-state index contributed by atoms with van der Waals surface area (Å²) in [4.78, 5) is 37.8. The third kappa shape index (κ3) is 49.7. The maximum Gasteiger partial charge on any atom is 0.306 e. The highest BCUT2D eigenvalue weighted by Gasteiger charge is 2.19. The van der Waals surface area contributed by atoms with Crippen molar-refractivity contribution in [1.82, 2.24) is 0 Å². The van der Waals surface area contributed by atoms with E-state index in [1.807, 2.05) is 0 Å². The van der Waals surface area contributed by atoms with Gasteiger partial charge in [-0.2, -0.15) is 0 Å². The van der Waals surface area contributed by atoms with E-state index < -0.39 is 6.10 Å². The van der Waals surface area contributed by atoms with Crippen LogP contribution in [0.15, 0.2) is 72.9 Å². The third-order valence-electron chi connectivity index (χ3n) is 11.2. The lowest BCUT2D eigenvalue weighted by Gasteiger charge is -2.18. The van der Waals surface area contributed by atoms with Gasteiger partial charge in [0.25, 0.3) is 0 Å². The van der Waals surface area contributed by atoms with Crippen molar-refractivity contribution in [2.24, 2.45) is 0 Å². The summed E-state index contributed by atoms with van der Waals surface area (Å²) in [6.07, 6.45) is 64.8. The first kappa shape index (κ1) is 59.9. The van der Waals surface area contributed by atoms with Gasteiger partial charge < -0.3 is 14.2 Å². The highest BCUT2D eigenvalue weighted by atomic mass is 16.6. The van der Waals surface area contributed by atoms with Crippen LogP contribution in [0.5, 0.6) is 0 Å². The van der Waals surface area contributed by atoms with Crippen molar-refractivity contribution >= 4 is 17.9 Å². The van der Waals surface area contributed by atoms with E-state index >= 15 is 0 Å². The van der Waals surface area contributed by atoms with Crippen LogP contribution in [-0.4, -0.2) is 37.2 Å². The Hall–Kier alpha value is -3.15. The Balaban J connectivity index is 4.25. The van der Waals surface area contributed by atoms with Crippen LogP contribution in [0, 0.1) is 0 Å². The van der Waals surface area contributed by atoms with Gasteiger partial charge in [0.15, 0.2) is 6.10 Å². The second-order valence-electron chi connectivity index (χ2n) is 17.4. The van der Waals surface area contributed by atoms with Crippen molar-refractivity contribution in [2.45, 2.75) is 258 Å². The van der Waals surface area contributed by atoms with E-state index in [1.54, 1.807) is 0 Å². The molecule has 0 aliphatic heterocycles. The minimum absolute atomic E-state index is 0.0834. The van der Waals surface area contributed by atoms with Crippen LogP contribution in [0.2, 0.25) is 0 Å². The van der Waals surface area contributed by atoms with Crippen LogP contribution >= 0.6 is 0 Å². The first-order valence-corrected chi connectivity index (χ1v) is 26.4. The predicted molar refractivity (Wildman–Crippen MR) is 270 cm³/mol. The molecule has 1 unspecified atom stereocenters. The molecule has 0 rings (SSSR count). The molecule has 0 amide bonds. The van der Waals surface area contributed by atoms with Crippen molar-refractivity contribution in [3.63, 3.8) is 0 Å². The average molecular weight is 879 g/mol. The molecule has 63 heavy (non-hydrogen) atoms. The van der Waals surface area contributed by atoms with Gasteiger partial charge in [0.2, 0.25) is 0 Å². The molecule has 0 radical (unpaired) electrons. The molecular formula is C57H98O6. The zero-order valence-electron chi connectivity index (χ0n) is 41.3. The van der Waals surface area contributed by atoms with Crippen LogP contribution < -0.4 is 0 Å². The number of rotatable bonds is 47. The molecule has 0 aromatic heterocycles. The Morgan fingerprint density at radius 2 is 0.619 bits per heavy atom. The van der Waals surface area contributed by atoms with Crippen LogP contribution in [0.25, 0.3) is 0 Å². The molecule has 1 atom stereocenters. The molecule has 0 heterocycles. The second-order valence-corrected chi connectivity index (χ2v) is 17.4. The Morgan fingerprint density at radius 3 is 0.984 bits per heavy atom. The van der Waals surface area contributed by atoms with Gasteiger partial charge in [-0.05, 0) is 89.9 Å². The zero-order valence-corrected chi connectivity index (χ0v) is 41.3. The Morgan fingerprint density at radius 1 is 0.333 bits per heavy atom. The summed E-state index contributed by atoms with van der Waals surface area (Å²) in [6, 6.07) is 0. The molecule has 362 valence electrons. The number of allylic oxidation sites excluding steroid dienone is 12. The van der Waals surface area contributed by atoms with E-state index in [2.05, 4.69) is 93.7 Å². The normalized spacial score (nSPS) is 12.6. The van der Waals surface area contributed by atoms with Crippen molar-refractivity contribution < 1.29 is 28.6 Å². The van der Waals surface area contributed by atoms with E-state index in [4.69, 9.17) is 14.2 Å². The van der Waals surface area contributed by atoms with Crippen molar-refractivity contribution in [2.75, 3.05) is 13.2 Å². The van der Waals surface area contributed by atoms with E-state index in [1.165, 1.54) is 103 Å². The van der Waals surface area contributed by atoms with Gasteiger partial charge in [0, 0.05) is 19.3 Å². The van der Waals surface area contributed by atoms with Crippen LogP contribution in [0.4, 0.5) is 0 Å². The Bertz CT molecular complexity index is 1190. The minimum atomic E-state index is -0.782. The lowest BCUT2D eigenvalue weighted by atomic mass is 10.1. The van der Waals surface area contributed by atoms with Gasteiger partial charge in [-0.1, -0.05) is 216 Å². The molecule has 0 spiro atoms. The molecule has 6 nitrogen and oxygen atoms in total. The van der Waals surface area contributed by atoms with Crippen molar-refractivity contribution in [3.8, 4) is 0 Å². The molecule has 6 heteroatoms. The smallest absolute Gasteiger partial charge is 0.306 e. The SMILES string of the molecule is CC/C=C\C/C=C\C/C=C\C/C=C\C/C=C\CCCCCCCC(=O)OCC(COC(=O)CCCCCCCC)OC(=O)CCCCCCCCC/C=C\CCCCCCCCC. The number of hydrogen-bond donors (Lipinski definition) is 0. The summed E-state index contributed by atoms with van der Waals surface area (Å²) in [5.41, 5.74) is 0. The number of ether oxygens (including phenoxy) is 3. The maximum absolute atomic E-state index is 12.8. The maximum atomic E-state index is 12.8. The van der Waals surface area contributed by atoms with E-state index in [-0.39, 0.29) is 31.1 Å². The average Bonchev–Trinajstić information content (AvgIpc) is 3.28. The van der Waals surface area contributed by atoms with Crippen LogP contribution in [-0.2, 0) is 28.6 Å². The Kier molecular flexibility index (Phi) is 48.9. The summed E-state index contributed by atoms with van der Waals surface area (Å²) in [7, 11) is 0. The van der Waals surface area contributed by atoms with Gasteiger partial charge in [0.1, 0.15) is 13.2 Å². The topological polar surface area (TPSA) is 78.9 Å². The molecule has 0 aliphatic rings. The largest absolute Gasteiger partial charge is 0.462 e. The molecule has 0 fully saturated rings. The van der Waals surface area contributed by atoms with E-state index in [9.17, 15) is 14.4 Å². The predicted octanol–water partition coefficient (Wildman–Crippen LogP) is 17.4. The lowest BCUT2D eigenvalue weighted by Crippen LogP contribution is -2.30. The van der Waals surface area contributed by atoms with Gasteiger partial charge in [-0.3, -0.25) is 14.4 Å². The summed E-state index contributed by atoms with van der Waals surface area (Å²) in [5.74, 6) is -0.914. The fourth-order valence-corrected chi connectivity index (χ4v) is 7.23. The van der Waals surface area contributed by atoms with Gasteiger partial charge in [-0.15, -0.1) is 0 Å². The fraction of sp³-hybridized carbons (Fsp3) is 0.737. The number of carbonyl (C=O) groups is 3. The lowest BCUT2D eigenvalue weighted by molar-refractivity contribution is -0.167. The Labute approximate surface area is 389 Å². The van der Waals surface area contributed by atoms with Gasteiger partial charge in [-0.25, -0.2) is 0 Å². The molecular weight excluding hydrogens is 781 g/mol. The summed E-state index contributed by atoms with van der Waals surface area (Å²) in [6.45, 7) is 6.45. The van der Waals surface area contributed by atoms with Crippen LogP contribution in [0.3, 0.4) is 0 Å². The molecule has 0 aromatic carbocycles. The number of hydrogen-bond acceptors (Lipinski definition) is 6. The van der Waals surface area contributed by atoms with E-state index in [0.29, 0.717) is 19.3 Å². The highest BCUT2D eigenvalue weighted by molar-refractivity contribution is 5.71. The minimum Gasteiger partial charge on any atom is -0.462 e. The fourth-order valence-electron chi connectivity index (χ4n) is 7.23. The highest BCUT2D eigenvalue weighted by Crippen LogP contribution is 2.14. The van der Waals surface area contributed by atoms with Crippen LogP contribution in [0.1, 0.15) is 252 Å². The van der Waals surface area contributed by atoms with Gasteiger partial charge in [0.05, 0.1) is 0 Å². The molecule has 0 saturated heterocycles. The van der Waals surface area contributed by atoms with Gasteiger partial charge >= 0.3 is 17.9 Å². The standard InChI is InChI=1S/C57H98O6/c1-4-7-10-13-16-18-20-22-24-26-28-29-30-32-33-35-37-39-41-44-47-50-56(59)62-53-54(52-61-55(58)49-46-43-15-12-9-6-3)63-57(60)51-48-45-42-40-38-36-34-31-27-25-23-21-19-17-14-11-8-5-2/h7,10,16,18,22,24-25,27-29,32-33,54H,4-6,8-9,11-15,17,19-21,23,26,30-31,34-53H2,1-3H3/b10-7-,18-16-,24-22-,27-25-,29-28-,33-32-. The van der Waals surface area contributed by atoms with Crippen molar-refractivity contribution in [3.05, 3.63) is 72.9 Å². The molecule has 0 saturated carbocycles. The monoisotopic (exact) mass is 879 g/mol. The molecule has 0 aliphatic carbocycles. The summed E-state index contributed by atoms with van der Waals surface area (Å²) >= 11 is 0. The number of unbranched alkanes of at least 4 members (excludes halogenated alkanes) is 24. The summed E-state index contributed by atoms with van der Waals surface area (Å²) < 4.78 is 16.7. The van der Waals surface area contributed by atoms with E-state index in [0.717, 1.165) is 109 Å². The quantitative estimate of drug-likeness (QED) is 0.0262. The molecule has 0 bridgehead atoms. The first-order chi connectivity index (χ1) is 31.0. The molecule has 0 aromatic rings. The summed E-state index contributed by atoms with van der Waals surface area (Å²) in [5, 5.41) is 0. The first-order valence-electron chi connectivity index (χ1n) is 26.4. The second kappa shape index (κ2) is 51.5. The molecule has 0 N–H and O–H groups in total. The number of esters is 3.